The van der Waals surface area contributed by atoms with Gasteiger partial charge >= 0.3 is 6.03 Å². The van der Waals surface area contributed by atoms with Crippen LogP contribution >= 0.6 is 0 Å². The lowest BCUT2D eigenvalue weighted by Gasteiger charge is -2.42. The second-order valence-electron chi connectivity index (χ2n) is 9.49. The van der Waals surface area contributed by atoms with Crippen LogP contribution in [0.2, 0.25) is 0 Å². The molecule has 3 aliphatic rings. The molecule has 0 unspecified atom stereocenters. The average Bonchev–Trinajstić information content (AvgIpc) is 2.87. The van der Waals surface area contributed by atoms with Crippen molar-refractivity contribution in [1.29, 1.82) is 0 Å². The van der Waals surface area contributed by atoms with Gasteiger partial charge in [0.1, 0.15) is 5.82 Å². The summed E-state index contributed by atoms with van der Waals surface area (Å²) >= 11 is 0. The third-order valence-corrected chi connectivity index (χ3v) is 6.74. The number of fused-ring (bicyclic) bond motifs is 1. The first-order valence-corrected chi connectivity index (χ1v) is 12.2. The third kappa shape index (κ3) is 4.81. The Morgan fingerprint density at radius 1 is 1.06 bits per heavy atom. The van der Waals surface area contributed by atoms with Crippen LogP contribution in [0.5, 0.6) is 0 Å². The molecule has 0 atom stereocenters. The van der Waals surface area contributed by atoms with Crippen molar-refractivity contribution >= 4 is 23.4 Å². The average molecular weight is 481 g/mol. The van der Waals surface area contributed by atoms with E-state index in [0.717, 1.165) is 42.1 Å². The minimum Gasteiger partial charge on any atom is -0.379 e. The molecule has 3 aliphatic heterocycles. The van der Waals surface area contributed by atoms with E-state index in [9.17, 15) is 9.59 Å². The molecule has 1 aromatic heterocycles. The van der Waals surface area contributed by atoms with Crippen LogP contribution in [-0.2, 0) is 27.2 Å². The Labute approximate surface area is 205 Å². The topological polar surface area (TPSA) is 109 Å². The second-order valence-corrected chi connectivity index (χ2v) is 9.49. The van der Waals surface area contributed by atoms with Crippen molar-refractivity contribution in [3.8, 4) is 11.4 Å². The van der Waals surface area contributed by atoms with Crippen molar-refractivity contribution in [2.24, 2.45) is 5.41 Å². The Kier molecular flexibility index (Phi) is 6.57. The molecule has 2 N–H and O–H groups in total. The molecule has 5 rings (SSSR count). The van der Waals surface area contributed by atoms with Gasteiger partial charge in [0.2, 0.25) is 5.91 Å². The zero-order chi connectivity index (χ0) is 24.4. The lowest BCUT2D eigenvalue weighted by atomic mass is 9.86. The van der Waals surface area contributed by atoms with Crippen LogP contribution in [0.15, 0.2) is 24.3 Å². The molecule has 1 aromatic carbocycles. The molecule has 186 valence electrons. The number of nitrogens with zero attached hydrogens (tertiary/aromatic N) is 4. The molecular weight excluding hydrogens is 448 g/mol. The molecule has 35 heavy (non-hydrogen) atoms. The highest BCUT2D eigenvalue weighted by Crippen LogP contribution is 2.34. The van der Waals surface area contributed by atoms with E-state index in [0.29, 0.717) is 57.6 Å². The molecular formula is C25H32N6O4. The maximum Gasteiger partial charge on any atom is 0.319 e. The number of benzene rings is 1. The number of carbonyl (C=O) groups is 2. The molecule has 0 radical (unpaired) electrons. The van der Waals surface area contributed by atoms with Gasteiger partial charge in [0.05, 0.1) is 44.1 Å². The monoisotopic (exact) mass is 480 g/mol. The lowest BCUT2D eigenvalue weighted by molar-refractivity contribution is -0.169. The zero-order valence-electron chi connectivity index (χ0n) is 20.3. The van der Waals surface area contributed by atoms with Gasteiger partial charge in [-0.25, -0.2) is 14.8 Å². The van der Waals surface area contributed by atoms with Crippen LogP contribution in [0.4, 0.5) is 16.3 Å². The van der Waals surface area contributed by atoms with E-state index in [1.807, 2.05) is 43.0 Å². The molecule has 0 aliphatic carbocycles. The first-order valence-electron chi connectivity index (χ1n) is 12.2. The maximum atomic E-state index is 13.2. The van der Waals surface area contributed by atoms with Crippen LogP contribution in [0.3, 0.4) is 0 Å². The number of carbonyl (C=O) groups excluding carboxylic acids is 2. The van der Waals surface area contributed by atoms with Crippen LogP contribution < -0.4 is 15.5 Å². The molecule has 0 spiro atoms. The van der Waals surface area contributed by atoms with E-state index in [1.54, 1.807) is 0 Å². The number of ether oxygens (including phenoxy) is 2. The summed E-state index contributed by atoms with van der Waals surface area (Å²) in [4.78, 5) is 39.1. The summed E-state index contributed by atoms with van der Waals surface area (Å²) in [6.45, 7) is 9.34. The summed E-state index contributed by atoms with van der Waals surface area (Å²) < 4.78 is 10.9. The number of amides is 3. The summed E-state index contributed by atoms with van der Waals surface area (Å²) in [6, 6.07) is 7.26. The fourth-order valence-corrected chi connectivity index (χ4v) is 4.70. The normalized spacial score (nSPS) is 18.9. The van der Waals surface area contributed by atoms with Crippen LogP contribution in [0.25, 0.3) is 11.4 Å². The Bertz CT molecular complexity index is 1100. The highest BCUT2D eigenvalue weighted by Gasteiger charge is 2.44. The number of aromatic nitrogens is 2. The first-order chi connectivity index (χ1) is 17.0. The molecule has 2 saturated heterocycles. The number of rotatable bonds is 5. The quantitative estimate of drug-likeness (QED) is 0.674. The molecule has 10 heteroatoms. The Morgan fingerprint density at radius 2 is 1.80 bits per heavy atom. The van der Waals surface area contributed by atoms with Crippen molar-refractivity contribution in [2.45, 2.75) is 26.8 Å². The fourth-order valence-electron chi connectivity index (χ4n) is 4.70. The fraction of sp³-hybridized carbons (Fsp3) is 0.520. The predicted octanol–water partition coefficient (Wildman–Crippen LogP) is 2.04. The van der Waals surface area contributed by atoms with Gasteiger partial charge in [0, 0.05) is 43.0 Å². The van der Waals surface area contributed by atoms with Crippen molar-refractivity contribution < 1.29 is 19.1 Å². The SMILES string of the molecule is CCNC(=O)Nc1ccc(-c2nc3c(c(N4CCOCC4)n2)CCN(C(=O)C2(C)COC2)C3)cc1. The van der Waals surface area contributed by atoms with E-state index in [-0.39, 0.29) is 11.9 Å². The van der Waals surface area contributed by atoms with Gasteiger partial charge < -0.3 is 29.9 Å². The lowest BCUT2D eigenvalue weighted by Crippen LogP contribution is -2.54. The van der Waals surface area contributed by atoms with Crippen LogP contribution in [0.1, 0.15) is 25.1 Å². The largest absolute Gasteiger partial charge is 0.379 e. The van der Waals surface area contributed by atoms with Crippen LogP contribution in [-0.4, -0.2) is 79.4 Å². The second kappa shape index (κ2) is 9.79. The molecule has 3 amide bonds. The van der Waals surface area contributed by atoms with Gasteiger partial charge in [-0.1, -0.05) is 0 Å². The van der Waals surface area contributed by atoms with E-state index in [4.69, 9.17) is 19.4 Å². The standard InChI is InChI=1S/C25H32N6O4/c1-3-26-24(33)27-18-6-4-17(5-7-18)21-28-20-14-31(23(32)25(2)15-35-16-25)9-8-19(20)22(29-21)30-10-12-34-13-11-30/h4-7H,3,8-16H2,1-2H3,(H2,26,27,33). The number of urea groups is 1. The predicted molar refractivity (Wildman–Crippen MR) is 131 cm³/mol. The summed E-state index contributed by atoms with van der Waals surface area (Å²) in [6.07, 6.45) is 0.723. The van der Waals surface area contributed by atoms with Crippen LogP contribution in [0, 0.1) is 5.41 Å². The van der Waals surface area contributed by atoms with Gasteiger partial charge in [0.25, 0.3) is 0 Å². The molecule has 2 aromatic rings. The third-order valence-electron chi connectivity index (χ3n) is 6.74. The number of morpholine rings is 1. The van der Waals surface area contributed by atoms with Gasteiger partial charge in [-0.05, 0) is 44.5 Å². The van der Waals surface area contributed by atoms with E-state index in [1.165, 1.54) is 0 Å². The highest BCUT2D eigenvalue weighted by molar-refractivity contribution is 5.89. The van der Waals surface area contributed by atoms with Crippen molar-refractivity contribution in [1.82, 2.24) is 20.2 Å². The minimum absolute atomic E-state index is 0.128. The molecule has 10 nitrogen and oxygen atoms in total. The van der Waals surface area contributed by atoms with Gasteiger partial charge in [-0.15, -0.1) is 0 Å². The zero-order valence-corrected chi connectivity index (χ0v) is 20.3. The first kappa shape index (κ1) is 23.5. The smallest absolute Gasteiger partial charge is 0.319 e. The number of anilines is 2. The van der Waals surface area contributed by atoms with E-state index in [2.05, 4.69) is 15.5 Å². The molecule has 0 bridgehead atoms. The minimum atomic E-state index is -0.437. The van der Waals surface area contributed by atoms with Crippen molar-refractivity contribution in [2.75, 3.05) is 62.8 Å². The Morgan fingerprint density at radius 3 is 2.46 bits per heavy atom. The number of nitrogens with one attached hydrogen (secondary N) is 2. The summed E-state index contributed by atoms with van der Waals surface area (Å²) in [5.74, 6) is 1.67. The van der Waals surface area contributed by atoms with E-state index >= 15 is 0 Å². The van der Waals surface area contributed by atoms with Crippen molar-refractivity contribution in [3.05, 3.63) is 35.5 Å². The van der Waals surface area contributed by atoms with Gasteiger partial charge in [-0.2, -0.15) is 0 Å². The number of hydrogen-bond acceptors (Lipinski definition) is 7. The summed E-state index contributed by atoms with van der Waals surface area (Å²) in [5.41, 5.74) is 3.12. The molecule has 0 saturated carbocycles. The Balaban J connectivity index is 1.45. The highest BCUT2D eigenvalue weighted by atomic mass is 16.5. The molecule has 4 heterocycles. The van der Waals surface area contributed by atoms with Crippen molar-refractivity contribution in [3.63, 3.8) is 0 Å². The summed E-state index contributed by atoms with van der Waals surface area (Å²) in [7, 11) is 0. The molecule has 2 fully saturated rings. The van der Waals surface area contributed by atoms with Gasteiger partial charge in [0.15, 0.2) is 5.82 Å². The number of hydrogen-bond donors (Lipinski definition) is 2. The Hall–Kier alpha value is -3.24. The van der Waals surface area contributed by atoms with Gasteiger partial charge in [-0.3, -0.25) is 4.79 Å². The van der Waals surface area contributed by atoms with E-state index < -0.39 is 5.41 Å². The summed E-state index contributed by atoms with van der Waals surface area (Å²) in [5, 5.41) is 5.53. The maximum absolute atomic E-state index is 13.2.